The summed E-state index contributed by atoms with van der Waals surface area (Å²) in [5, 5.41) is 17.5. The van der Waals surface area contributed by atoms with Crippen molar-refractivity contribution in [3.63, 3.8) is 0 Å². The van der Waals surface area contributed by atoms with Gasteiger partial charge in [0.05, 0.1) is 17.8 Å². The third-order valence-corrected chi connectivity index (χ3v) is 3.18. The van der Waals surface area contributed by atoms with E-state index in [2.05, 4.69) is 31.6 Å². The van der Waals surface area contributed by atoms with E-state index in [0.717, 1.165) is 0 Å². The van der Waals surface area contributed by atoms with Crippen molar-refractivity contribution in [2.45, 2.75) is 0 Å². The van der Waals surface area contributed by atoms with Crippen LogP contribution in [0.5, 0.6) is 11.5 Å². The minimum Gasteiger partial charge on any atom is -0.507 e. The first-order valence-electron chi connectivity index (χ1n) is 5.91. The molecule has 1 heterocycles. The van der Waals surface area contributed by atoms with E-state index in [0.29, 0.717) is 15.8 Å². The standard InChI is InChI=1S/C13H13BrN4O3/c1-18-7-10(14)12(17-18)13(20)16-15-6-8-5-9(21-2)3-4-11(8)19/h3-7,19H,1-2H3,(H,16,20). The van der Waals surface area contributed by atoms with E-state index in [4.69, 9.17) is 4.74 Å². The summed E-state index contributed by atoms with van der Waals surface area (Å²) in [4.78, 5) is 11.9. The Morgan fingerprint density at radius 2 is 2.33 bits per heavy atom. The molecule has 0 saturated carbocycles. The second kappa shape index (κ2) is 6.40. The van der Waals surface area contributed by atoms with Gasteiger partial charge >= 0.3 is 0 Å². The van der Waals surface area contributed by atoms with Gasteiger partial charge in [0.2, 0.25) is 0 Å². The number of amides is 1. The maximum absolute atomic E-state index is 11.9. The molecule has 2 aromatic rings. The first kappa shape index (κ1) is 15.0. The van der Waals surface area contributed by atoms with Gasteiger partial charge in [-0.15, -0.1) is 0 Å². The van der Waals surface area contributed by atoms with Crippen LogP contribution < -0.4 is 10.2 Å². The number of benzene rings is 1. The third kappa shape index (κ3) is 3.60. The Morgan fingerprint density at radius 3 is 2.95 bits per heavy atom. The number of phenols is 1. The molecular formula is C13H13BrN4O3. The highest BCUT2D eigenvalue weighted by molar-refractivity contribution is 9.10. The molecule has 0 unspecified atom stereocenters. The Morgan fingerprint density at radius 1 is 1.57 bits per heavy atom. The molecule has 110 valence electrons. The predicted octanol–water partition coefficient (Wildman–Crippen LogP) is 1.66. The Labute approximate surface area is 129 Å². The predicted molar refractivity (Wildman–Crippen MR) is 80.6 cm³/mol. The van der Waals surface area contributed by atoms with E-state index >= 15 is 0 Å². The zero-order chi connectivity index (χ0) is 15.4. The molecule has 1 amide bonds. The zero-order valence-corrected chi connectivity index (χ0v) is 13.0. The Bertz CT molecular complexity index is 697. The van der Waals surface area contributed by atoms with Crippen LogP contribution in [-0.2, 0) is 7.05 Å². The number of methoxy groups -OCH3 is 1. The van der Waals surface area contributed by atoms with E-state index in [1.807, 2.05) is 0 Å². The summed E-state index contributed by atoms with van der Waals surface area (Å²) in [5.74, 6) is 0.155. The fraction of sp³-hybridized carbons (Fsp3) is 0.154. The number of halogens is 1. The van der Waals surface area contributed by atoms with Gasteiger partial charge in [0.15, 0.2) is 5.69 Å². The van der Waals surface area contributed by atoms with Crippen molar-refractivity contribution in [3.05, 3.63) is 40.1 Å². The lowest BCUT2D eigenvalue weighted by atomic mass is 10.2. The van der Waals surface area contributed by atoms with Gasteiger partial charge in [-0.2, -0.15) is 10.2 Å². The lowest BCUT2D eigenvalue weighted by molar-refractivity contribution is 0.0948. The number of carbonyl (C=O) groups excluding carboxylic acids is 1. The number of aromatic hydroxyl groups is 1. The SMILES string of the molecule is COc1ccc(O)c(C=NNC(=O)c2nn(C)cc2Br)c1. The average molecular weight is 353 g/mol. The highest BCUT2D eigenvalue weighted by Gasteiger charge is 2.13. The Balaban J connectivity index is 2.09. The van der Waals surface area contributed by atoms with Gasteiger partial charge in [0.25, 0.3) is 5.91 Å². The highest BCUT2D eigenvalue weighted by Crippen LogP contribution is 2.21. The largest absolute Gasteiger partial charge is 0.507 e. The van der Waals surface area contributed by atoms with Crippen LogP contribution in [0.4, 0.5) is 0 Å². The van der Waals surface area contributed by atoms with Gasteiger partial charge < -0.3 is 9.84 Å². The number of nitrogens with one attached hydrogen (secondary N) is 1. The number of aryl methyl sites for hydroxylation is 1. The first-order chi connectivity index (χ1) is 10.0. The van der Waals surface area contributed by atoms with Crippen molar-refractivity contribution in [3.8, 4) is 11.5 Å². The molecule has 0 radical (unpaired) electrons. The van der Waals surface area contributed by atoms with Crippen molar-refractivity contribution in [2.75, 3.05) is 7.11 Å². The molecule has 0 aliphatic heterocycles. The summed E-state index contributed by atoms with van der Waals surface area (Å²) in [6.45, 7) is 0. The molecule has 1 aromatic carbocycles. The number of rotatable bonds is 4. The van der Waals surface area contributed by atoms with Crippen molar-refractivity contribution >= 4 is 28.1 Å². The molecule has 21 heavy (non-hydrogen) atoms. The van der Waals surface area contributed by atoms with Crippen LogP contribution >= 0.6 is 15.9 Å². The molecule has 0 fully saturated rings. The number of phenolic OH excluding ortho intramolecular Hbond substituents is 1. The summed E-state index contributed by atoms with van der Waals surface area (Å²) in [5.41, 5.74) is 2.99. The van der Waals surface area contributed by atoms with Gasteiger partial charge in [0.1, 0.15) is 11.5 Å². The molecule has 0 saturated heterocycles. The minimum absolute atomic E-state index is 0.0350. The average Bonchev–Trinajstić information content (AvgIpc) is 2.79. The number of hydrogen-bond donors (Lipinski definition) is 2. The summed E-state index contributed by atoms with van der Waals surface area (Å²) in [6, 6.07) is 4.70. The van der Waals surface area contributed by atoms with E-state index in [1.54, 1.807) is 25.4 Å². The maximum Gasteiger partial charge on any atom is 0.293 e. The summed E-state index contributed by atoms with van der Waals surface area (Å²) >= 11 is 3.23. The second-order valence-corrected chi connectivity index (χ2v) is 4.98. The smallest absolute Gasteiger partial charge is 0.293 e. The number of ether oxygens (including phenoxy) is 1. The molecule has 0 bridgehead atoms. The molecule has 2 N–H and O–H groups in total. The minimum atomic E-state index is -0.457. The molecule has 0 aliphatic carbocycles. The van der Waals surface area contributed by atoms with Crippen LogP contribution in [0.15, 0.2) is 34.0 Å². The third-order valence-electron chi connectivity index (χ3n) is 2.60. The van der Waals surface area contributed by atoms with Crippen molar-refractivity contribution < 1.29 is 14.6 Å². The topological polar surface area (TPSA) is 88.7 Å². The van der Waals surface area contributed by atoms with Crippen molar-refractivity contribution in [2.24, 2.45) is 12.1 Å². The highest BCUT2D eigenvalue weighted by atomic mass is 79.9. The van der Waals surface area contributed by atoms with Gasteiger partial charge in [0, 0.05) is 18.8 Å². The Hall–Kier alpha value is -2.35. The van der Waals surface area contributed by atoms with Crippen LogP contribution in [0.25, 0.3) is 0 Å². The molecule has 0 spiro atoms. The molecular weight excluding hydrogens is 340 g/mol. The lowest BCUT2D eigenvalue weighted by Gasteiger charge is -2.03. The van der Waals surface area contributed by atoms with Crippen LogP contribution in [0, 0.1) is 0 Å². The van der Waals surface area contributed by atoms with Gasteiger partial charge in [-0.05, 0) is 34.1 Å². The molecule has 7 nitrogen and oxygen atoms in total. The van der Waals surface area contributed by atoms with Crippen molar-refractivity contribution in [1.29, 1.82) is 0 Å². The normalized spacial score (nSPS) is 10.8. The van der Waals surface area contributed by atoms with E-state index in [1.165, 1.54) is 24.1 Å². The molecule has 0 atom stereocenters. The first-order valence-corrected chi connectivity index (χ1v) is 6.70. The number of aromatic nitrogens is 2. The summed E-state index contributed by atoms with van der Waals surface area (Å²) in [6.07, 6.45) is 2.99. The quantitative estimate of drug-likeness (QED) is 0.646. The van der Waals surface area contributed by atoms with Gasteiger partial charge in [-0.3, -0.25) is 9.48 Å². The molecule has 8 heteroatoms. The van der Waals surface area contributed by atoms with E-state index < -0.39 is 5.91 Å². The molecule has 2 rings (SSSR count). The number of hydrogen-bond acceptors (Lipinski definition) is 5. The van der Waals surface area contributed by atoms with Gasteiger partial charge in [-0.1, -0.05) is 0 Å². The second-order valence-electron chi connectivity index (χ2n) is 4.12. The van der Waals surface area contributed by atoms with Crippen LogP contribution in [0.3, 0.4) is 0 Å². The van der Waals surface area contributed by atoms with Crippen LogP contribution in [0.2, 0.25) is 0 Å². The van der Waals surface area contributed by atoms with Crippen LogP contribution in [-0.4, -0.2) is 34.1 Å². The lowest BCUT2D eigenvalue weighted by Crippen LogP contribution is -2.19. The van der Waals surface area contributed by atoms with Crippen LogP contribution in [0.1, 0.15) is 16.1 Å². The fourth-order valence-corrected chi connectivity index (χ4v) is 2.15. The van der Waals surface area contributed by atoms with Crippen molar-refractivity contribution in [1.82, 2.24) is 15.2 Å². The Kier molecular flexibility index (Phi) is 4.59. The monoisotopic (exact) mass is 352 g/mol. The number of carbonyl (C=O) groups is 1. The fourth-order valence-electron chi connectivity index (χ4n) is 1.59. The van der Waals surface area contributed by atoms with E-state index in [9.17, 15) is 9.90 Å². The number of hydrazone groups is 1. The molecule has 1 aromatic heterocycles. The summed E-state index contributed by atoms with van der Waals surface area (Å²) < 4.78 is 7.13. The molecule has 0 aliphatic rings. The van der Waals surface area contributed by atoms with Gasteiger partial charge in [-0.25, -0.2) is 5.43 Å². The van der Waals surface area contributed by atoms with E-state index in [-0.39, 0.29) is 11.4 Å². The summed E-state index contributed by atoms with van der Waals surface area (Å²) in [7, 11) is 3.23. The number of nitrogens with zero attached hydrogens (tertiary/aromatic N) is 3. The zero-order valence-electron chi connectivity index (χ0n) is 11.4. The maximum atomic E-state index is 11.9.